The smallest absolute Gasteiger partial charge is 0.150 e. The molecule has 4 nitrogen and oxygen atoms in total. The Labute approximate surface area is 79.4 Å². The van der Waals surface area contributed by atoms with Gasteiger partial charge in [0.1, 0.15) is 5.82 Å². The fourth-order valence-electron chi connectivity index (χ4n) is 1.24. The number of aryl methyl sites for hydroxylation is 2. The highest BCUT2D eigenvalue weighted by Gasteiger charge is 2.24. The number of hydrogen-bond donors (Lipinski definition) is 1. The van der Waals surface area contributed by atoms with Crippen molar-refractivity contribution in [3.05, 3.63) is 11.6 Å². The van der Waals surface area contributed by atoms with E-state index in [-0.39, 0.29) is 5.54 Å². The Morgan fingerprint density at radius 3 is 2.46 bits per heavy atom. The molecule has 0 atom stereocenters. The van der Waals surface area contributed by atoms with Crippen LogP contribution in [0.1, 0.15) is 32.4 Å². The zero-order chi connectivity index (χ0) is 10.1. The van der Waals surface area contributed by atoms with Gasteiger partial charge in [-0.3, -0.25) is 4.68 Å². The highest BCUT2D eigenvalue weighted by Crippen LogP contribution is 2.16. The average molecular weight is 182 g/mol. The van der Waals surface area contributed by atoms with Gasteiger partial charge in [0.25, 0.3) is 0 Å². The first-order valence-electron chi connectivity index (χ1n) is 4.60. The molecule has 1 aromatic heterocycles. The molecular weight excluding hydrogens is 164 g/mol. The van der Waals surface area contributed by atoms with Gasteiger partial charge < -0.3 is 5.32 Å². The molecule has 0 bridgehead atoms. The summed E-state index contributed by atoms with van der Waals surface area (Å²) in [6, 6.07) is 0. The summed E-state index contributed by atoms with van der Waals surface area (Å²) in [7, 11) is 3.86. The number of rotatable bonds is 3. The monoisotopic (exact) mass is 182 g/mol. The van der Waals surface area contributed by atoms with Crippen molar-refractivity contribution in [1.82, 2.24) is 20.1 Å². The van der Waals surface area contributed by atoms with Crippen molar-refractivity contribution in [3.8, 4) is 0 Å². The maximum atomic E-state index is 4.46. The van der Waals surface area contributed by atoms with Gasteiger partial charge in [-0.2, -0.15) is 5.10 Å². The van der Waals surface area contributed by atoms with E-state index in [0.29, 0.717) is 0 Å². The minimum atomic E-state index is -0.116. The normalized spacial score (nSPS) is 12.1. The molecule has 0 aliphatic carbocycles. The summed E-state index contributed by atoms with van der Waals surface area (Å²) in [6.07, 6.45) is 0.883. The van der Waals surface area contributed by atoms with Gasteiger partial charge in [-0.25, -0.2) is 4.98 Å². The molecule has 0 fully saturated rings. The molecule has 0 radical (unpaired) electrons. The SMILES string of the molecule is CCc1nc(C(C)(C)NC)n(C)n1. The fourth-order valence-corrected chi connectivity index (χ4v) is 1.24. The minimum Gasteiger partial charge on any atom is -0.308 e. The van der Waals surface area contributed by atoms with Crippen LogP contribution in [0.5, 0.6) is 0 Å². The van der Waals surface area contributed by atoms with E-state index in [1.165, 1.54) is 0 Å². The van der Waals surface area contributed by atoms with Crippen molar-refractivity contribution >= 4 is 0 Å². The lowest BCUT2D eigenvalue weighted by molar-refractivity contribution is 0.397. The van der Waals surface area contributed by atoms with E-state index < -0.39 is 0 Å². The van der Waals surface area contributed by atoms with Gasteiger partial charge in [0, 0.05) is 13.5 Å². The van der Waals surface area contributed by atoms with Crippen molar-refractivity contribution in [2.45, 2.75) is 32.7 Å². The molecule has 1 aromatic rings. The second kappa shape index (κ2) is 3.46. The summed E-state index contributed by atoms with van der Waals surface area (Å²) in [5, 5.41) is 7.52. The van der Waals surface area contributed by atoms with Crippen LogP contribution in [0.15, 0.2) is 0 Å². The topological polar surface area (TPSA) is 42.7 Å². The van der Waals surface area contributed by atoms with E-state index in [1.807, 2.05) is 18.8 Å². The zero-order valence-electron chi connectivity index (χ0n) is 9.05. The Hall–Kier alpha value is -0.900. The molecule has 1 rings (SSSR count). The van der Waals surface area contributed by atoms with Crippen LogP contribution in [0, 0.1) is 0 Å². The second-order valence-electron chi connectivity index (χ2n) is 3.70. The Balaban J connectivity index is 3.07. The average Bonchev–Trinajstić information content (AvgIpc) is 2.47. The quantitative estimate of drug-likeness (QED) is 0.753. The zero-order valence-corrected chi connectivity index (χ0v) is 9.05. The van der Waals surface area contributed by atoms with Crippen LogP contribution in [0.4, 0.5) is 0 Å². The number of aromatic nitrogens is 3. The van der Waals surface area contributed by atoms with Crippen molar-refractivity contribution < 1.29 is 0 Å². The summed E-state index contributed by atoms with van der Waals surface area (Å²) in [6.45, 7) is 6.25. The summed E-state index contributed by atoms with van der Waals surface area (Å²) >= 11 is 0. The van der Waals surface area contributed by atoms with Gasteiger partial charge >= 0.3 is 0 Å². The highest BCUT2D eigenvalue weighted by molar-refractivity contribution is 5.04. The largest absolute Gasteiger partial charge is 0.308 e. The lowest BCUT2D eigenvalue weighted by Gasteiger charge is -2.22. The summed E-state index contributed by atoms with van der Waals surface area (Å²) in [4.78, 5) is 4.46. The summed E-state index contributed by atoms with van der Waals surface area (Å²) in [5.41, 5.74) is -0.116. The molecule has 4 heteroatoms. The number of hydrogen-bond acceptors (Lipinski definition) is 3. The van der Waals surface area contributed by atoms with E-state index in [4.69, 9.17) is 0 Å². The first kappa shape index (κ1) is 10.2. The van der Waals surface area contributed by atoms with Crippen LogP contribution in [0.25, 0.3) is 0 Å². The van der Waals surface area contributed by atoms with Crippen molar-refractivity contribution in [2.75, 3.05) is 7.05 Å². The number of nitrogens with one attached hydrogen (secondary N) is 1. The molecular formula is C9H18N4. The minimum absolute atomic E-state index is 0.116. The van der Waals surface area contributed by atoms with Crippen molar-refractivity contribution in [1.29, 1.82) is 0 Å². The van der Waals surface area contributed by atoms with Crippen LogP contribution in [-0.4, -0.2) is 21.8 Å². The Kier molecular flexibility index (Phi) is 2.71. The van der Waals surface area contributed by atoms with Gasteiger partial charge in [-0.05, 0) is 20.9 Å². The van der Waals surface area contributed by atoms with E-state index in [1.54, 1.807) is 0 Å². The van der Waals surface area contributed by atoms with Crippen LogP contribution in [0.3, 0.4) is 0 Å². The molecule has 74 valence electrons. The van der Waals surface area contributed by atoms with Crippen LogP contribution in [0.2, 0.25) is 0 Å². The Bertz CT molecular complexity index is 288. The molecule has 0 aliphatic heterocycles. The van der Waals surface area contributed by atoms with Gasteiger partial charge in [0.2, 0.25) is 0 Å². The van der Waals surface area contributed by atoms with Gasteiger partial charge in [-0.1, -0.05) is 6.92 Å². The van der Waals surface area contributed by atoms with E-state index in [2.05, 4.69) is 36.2 Å². The van der Waals surface area contributed by atoms with Crippen LogP contribution >= 0.6 is 0 Å². The second-order valence-corrected chi connectivity index (χ2v) is 3.70. The fraction of sp³-hybridized carbons (Fsp3) is 0.778. The molecule has 0 saturated carbocycles. The third kappa shape index (κ3) is 1.88. The predicted molar refractivity (Wildman–Crippen MR) is 52.5 cm³/mol. The molecule has 0 aliphatic rings. The van der Waals surface area contributed by atoms with Crippen molar-refractivity contribution in [2.24, 2.45) is 7.05 Å². The maximum absolute atomic E-state index is 4.46. The van der Waals surface area contributed by atoms with E-state index in [0.717, 1.165) is 18.1 Å². The molecule has 0 spiro atoms. The number of nitrogens with zero attached hydrogens (tertiary/aromatic N) is 3. The first-order chi connectivity index (χ1) is 6.01. The standard InChI is InChI=1S/C9H18N4/c1-6-7-11-8(13(5)12-7)9(2,3)10-4/h10H,6H2,1-5H3. The maximum Gasteiger partial charge on any atom is 0.150 e. The van der Waals surface area contributed by atoms with E-state index >= 15 is 0 Å². The van der Waals surface area contributed by atoms with Crippen LogP contribution in [-0.2, 0) is 19.0 Å². The first-order valence-corrected chi connectivity index (χ1v) is 4.60. The molecule has 13 heavy (non-hydrogen) atoms. The molecule has 0 amide bonds. The van der Waals surface area contributed by atoms with Gasteiger partial charge in [-0.15, -0.1) is 0 Å². The molecule has 0 aromatic carbocycles. The predicted octanol–water partition coefficient (Wildman–Crippen LogP) is 0.832. The molecule has 1 N–H and O–H groups in total. The summed E-state index contributed by atoms with van der Waals surface area (Å²) in [5.74, 6) is 1.88. The lowest BCUT2D eigenvalue weighted by Crippen LogP contribution is -2.36. The Morgan fingerprint density at radius 1 is 1.46 bits per heavy atom. The van der Waals surface area contributed by atoms with Gasteiger partial charge in [0.05, 0.1) is 5.54 Å². The van der Waals surface area contributed by atoms with Crippen molar-refractivity contribution in [3.63, 3.8) is 0 Å². The molecule has 1 heterocycles. The lowest BCUT2D eigenvalue weighted by atomic mass is 10.1. The molecule has 0 saturated heterocycles. The van der Waals surface area contributed by atoms with Crippen LogP contribution < -0.4 is 5.32 Å². The molecule has 0 unspecified atom stereocenters. The highest BCUT2D eigenvalue weighted by atomic mass is 15.3. The Morgan fingerprint density at radius 2 is 2.08 bits per heavy atom. The van der Waals surface area contributed by atoms with Gasteiger partial charge in [0.15, 0.2) is 5.82 Å². The summed E-state index contributed by atoms with van der Waals surface area (Å²) < 4.78 is 1.84. The third-order valence-electron chi connectivity index (χ3n) is 2.31. The van der Waals surface area contributed by atoms with E-state index in [9.17, 15) is 0 Å². The third-order valence-corrected chi connectivity index (χ3v) is 2.31.